The molecule has 1 fully saturated rings. The largest absolute Gasteiger partial charge is 0.494 e. The van der Waals surface area contributed by atoms with Gasteiger partial charge in [0.05, 0.1) is 12.7 Å². The zero-order valence-electron chi connectivity index (χ0n) is 13.0. The third-order valence-electron chi connectivity index (χ3n) is 4.74. The van der Waals surface area contributed by atoms with E-state index in [2.05, 4.69) is 13.8 Å². The fraction of sp³-hybridized carbons (Fsp3) is 0.667. The summed E-state index contributed by atoms with van der Waals surface area (Å²) in [7, 11) is 0. The molecule has 0 amide bonds. The number of benzene rings is 1. The fourth-order valence-corrected chi connectivity index (χ4v) is 3.33. The summed E-state index contributed by atoms with van der Waals surface area (Å²) in [6, 6.07) is 7.93. The number of hydrogen-bond acceptors (Lipinski definition) is 2. The van der Waals surface area contributed by atoms with Crippen molar-refractivity contribution in [3.05, 3.63) is 29.8 Å². The van der Waals surface area contributed by atoms with Crippen LogP contribution in [0, 0.1) is 17.8 Å². The van der Waals surface area contributed by atoms with Gasteiger partial charge >= 0.3 is 0 Å². The molecule has 0 aliphatic heterocycles. The molecule has 0 aromatic heterocycles. The number of ether oxygens (including phenoxy) is 1. The van der Waals surface area contributed by atoms with Crippen LogP contribution in [-0.2, 0) is 0 Å². The van der Waals surface area contributed by atoms with Crippen LogP contribution in [0.15, 0.2) is 24.3 Å². The van der Waals surface area contributed by atoms with Crippen LogP contribution in [-0.4, -0.2) is 11.7 Å². The summed E-state index contributed by atoms with van der Waals surface area (Å²) in [5, 5.41) is 10.6. The summed E-state index contributed by atoms with van der Waals surface area (Å²) >= 11 is 0. The van der Waals surface area contributed by atoms with E-state index in [1.807, 2.05) is 31.2 Å². The van der Waals surface area contributed by atoms with Crippen LogP contribution in [0.25, 0.3) is 0 Å². The molecular weight excluding hydrogens is 248 g/mol. The Morgan fingerprint density at radius 2 is 1.60 bits per heavy atom. The van der Waals surface area contributed by atoms with E-state index >= 15 is 0 Å². The van der Waals surface area contributed by atoms with Gasteiger partial charge in [0.25, 0.3) is 0 Å². The van der Waals surface area contributed by atoms with Gasteiger partial charge in [-0.15, -0.1) is 0 Å². The smallest absolute Gasteiger partial charge is 0.119 e. The molecule has 1 saturated carbocycles. The van der Waals surface area contributed by atoms with Crippen molar-refractivity contribution in [1.29, 1.82) is 0 Å². The maximum Gasteiger partial charge on any atom is 0.119 e. The number of aliphatic hydroxyl groups excluding tert-OH is 1. The second-order valence-electron chi connectivity index (χ2n) is 6.37. The van der Waals surface area contributed by atoms with E-state index in [4.69, 9.17) is 4.74 Å². The Morgan fingerprint density at radius 1 is 1.05 bits per heavy atom. The first-order chi connectivity index (χ1) is 9.61. The normalized spacial score (nSPS) is 24.6. The Balaban J connectivity index is 1.92. The molecule has 1 aromatic rings. The monoisotopic (exact) mass is 276 g/mol. The summed E-state index contributed by atoms with van der Waals surface area (Å²) in [6.07, 6.45) is 4.50. The van der Waals surface area contributed by atoms with Gasteiger partial charge < -0.3 is 9.84 Å². The number of rotatable bonds is 5. The lowest BCUT2D eigenvalue weighted by Gasteiger charge is -2.33. The van der Waals surface area contributed by atoms with Crippen molar-refractivity contribution < 1.29 is 9.84 Å². The van der Waals surface area contributed by atoms with Crippen molar-refractivity contribution in [2.24, 2.45) is 17.8 Å². The summed E-state index contributed by atoms with van der Waals surface area (Å²) in [6.45, 7) is 7.29. The van der Waals surface area contributed by atoms with E-state index in [0.29, 0.717) is 12.5 Å². The van der Waals surface area contributed by atoms with Gasteiger partial charge in [-0.25, -0.2) is 0 Å². The lowest BCUT2D eigenvalue weighted by molar-refractivity contribution is 0.0668. The quantitative estimate of drug-likeness (QED) is 0.853. The SMILES string of the molecule is CCOc1ccc(C(O)C2CCC(C(C)C)CC2)cc1. The lowest BCUT2D eigenvalue weighted by atomic mass is 9.74. The van der Waals surface area contributed by atoms with E-state index in [-0.39, 0.29) is 6.10 Å². The van der Waals surface area contributed by atoms with Crippen LogP contribution >= 0.6 is 0 Å². The molecule has 0 saturated heterocycles. The van der Waals surface area contributed by atoms with Crippen LogP contribution in [0.2, 0.25) is 0 Å². The Kier molecular flexibility index (Phi) is 5.47. The number of aliphatic hydroxyl groups is 1. The fourth-order valence-electron chi connectivity index (χ4n) is 3.33. The Bertz CT molecular complexity index is 388. The summed E-state index contributed by atoms with van der Waals surface area (Å²) in [5.41, 5.74) is 1.03. The van der Waals surface area contributed by atoms with Crippen molar-refractivity contribution in [3.8, 4) is 5.75 Å². The van der Waals surface area contributed by atoms with E-state index < -0.39 is 0 Å². The van der Waals surface area contributed by atoms with Crippen molar-refractivity contribution in [1.82, 2.24) is 0 Å². The zero-order valence-corrected chi connectivity index (χ0v) is 13.0. The summed E-state index contributed by atoms with van der Waals surface area (Å²) in [5.74, 6) is 2.92. The second kappa shape index (κ2) is 7.12. The molecule has 0 bridgehead atoms. The molecule has 0 heterocycles. The van der Waals surface area contributed by atoms with Crippen molar-refractivity contribution in [2.45, 2.75) is 52.6 Å². The molecule has 112 valence electrons. The molecule has 1 unspecified atom stereocenters. The van der Waals surface area contributed by atoms with E-state index in [1.165, 1.54) is 12.8 Å². The number of hydrogen-bond donors (Lipinski definition) is 1. The molecule has 2 heteroatoms. The molecular formula is C18H28O2. The predicted octanol–water partition coefficient (Wildman–Crippen LogP) is 4.58. The molecule has 1 N–H and O–H groups in total. The third-order valence-corrected chi connectivity index (χ3v) is 4.74. The molecule has 2 nitrogen and oxygen atoms in total. The van der Waals surface area contributed by atoms with Crippen molar-refractivity contribution >= 4 is 0 Å². The molecule has 0 radical (unpaired) electrons. The van der Waals surface area contributed by atoms with Crippen molar-refractivity contribution in [3.63, 3.8) is 0 Å². The van der Waals surface area contributed by atoms with Gasteiger partial charge in [0, 0.05) is 0 Å². The Morgan fingerprint density at radius 3 is 2.10 bits per heavy atom. The van der Waals surface area contributed by atoms with Gasteiger partial charge in [0.15, 0.2) is 0 Å². The topological polar surface area (TPSA) is 29.5 Å². The molecule has 1 atom stereocenters. The lowest BCUT2D eigenvalue weighted by Crippen LogP contribution is -2.23. The highest BCUT2D eigenvalue weighted by molar-refractivity contribution is 5.28. The van der Waals surface area contributed by atoms with E-state index in [0.717, 1.165) is 36.0 Å². The van der Waals surface area contributed by atoms with Gasteiger partial charge in [-0.1, -0.05) is 26.0 Å². The molecule has 1 aliphatic carbocycles. The average Bonchev–Trinajstić information content (AvgIpc) is 2.48. The predicted molar refractivity (Wildman–Crippen MR) is 82.9 cm³/mol. The van der Waals surface area contributed by atoms with Gasteiger partial charge in [-0.3, -0.25) is 0 Å². The molecule has 0 spiro atoms. The molecule has 1 aliphatic rings. The Hall–Kier alpha value is -1.02. The minimum atomic E-state index is -0.321. The first-order valence-electron chi connectivity index (χ1n) is 8.02. The van der Waals surface area contributed by atoms with Crippen LogP contribution in [0.1, 0.15) is 58.1 Å². The van der Waals surface area contributed by atoms with Crippen LogP contribution in [0.3, 0.4) is 0 Å². The zero-order chi connectivity index (χ0) is 14.5. The first-order valence-corrected chi connectivity index (χ1v) is 8.02. The van der Waals surface area contributed by atoms with Crippen LogP contribution < -0.4 is 4.74 Å². The average molecular weight is 276 g/mol. The maximum atomic E-state index is 10.6. The summed E-state index contributed by atoms with van der Waals surface area (Å²) < 4.78 is 5.44. The second-order valence-corrected chi connectivity index (χ2v) is 6.37. The van der Waals surface area contributed by atoms with Gasteiger partial charge in [-0.05, 0) is 68.1 Å². The van der Waals surface area contributed by atoms with Crippen molar-refractivity contribution in [2.75, 3.05) is 6.61 Å². The standard InChI is InChI=1S/C18H28O2/c1-4-20-17-11-9-16(10-12-17)18(19)15-7-5-14(6-8-15)13(2)3/h9-15,18-19H,4-8H2,1-3H3. The first kappa shape index (κ1) is 15.4. The molecule has 1 aromatic carbocycles. The van der Waals surface area contributed by atoms with Crippen LogP contribution in [0.5, 0.6) is 5.75 Å². The highest BCUT2D eigenvalue weighted by Gasteiger charge is 2.28. The Labute approximate surface area is 123 Å². The van der Waals surface area contributed by atoms with Gasteiger partial charge in [0.2, 0.25) is 0 Å². The summed E-state index contributed by atoms with van der Waals surface area (Å²) in [4.78, 5) is 0. The van der Waals surface area contributed by atoms with E-state index in [1.54, 1.807) is 0 Å². The maximum absolute atomic E-state index is 10.6. The molecule has 20 heavy (non-hydrogen) atoms. The molecule has 2 rings (SSSR count). The van der Waals surface area contributed by atoms with Gasteiger partial charge in [-0.2, -0.15) is 0 Å². The highest BCUT2D eigenvalue weighted by Crippen LogP contribution is 2.39. The third kappa shape index (κ3) is 3.76. The van der Waals surface area contributed by atoms with Gasteiger partial charge in [0.1, 0.15) is 5.75 Å². The minimum absolute atomic E-state index is 0.321. The van der Waals surface area contributed by atoms with E-state index in [9.17, 15) is 5.11 Å². The minimum Gasteiger partial charge on any atom is -0.494 e. The van der Waals surface area contributed by atoms with Crippen LogP contribution in [0.4, 0.5) is 0 Å². The highest BCUT2D eigenvalue weighted by atomic mass is 16.5.